The van der Waals surface area contributed by atoms with Crippen LogP contribution in [-0.2, 0) is 14.3 Å². The molecule has 0 fully saturated rings. The van der Waals surface area contributed by atoms with Crippen LogP contribution in [0.5, 0.6) is 0 Å². The lowest BCUT2D eigenvalue weighted by molar-refractivity contribution is -0.161. The van der Waals surface area contributed by atoms with Crippen LogP contribution < -0.4 is 5.32 Å². The molecule has 0 saturated carbocycles. The van der Waals surface area contributed by atoms with Gasteiger partial charge in [0.2, 0.25) is 0 Å². The highest BCUT2D eigenvalue weighted by molar-refractivity contribution is 6.38. The van der Waals surface area contributed by atoms with E-state index in [-0.39, 0.29) is 0 Å². The van der Waals surface area contributed by atoms with Crippen molar-refractivity contribution in [1.82, 2.24) is 0 Å². The van der Waals surface area contributed by atoms with Crippen LogP contribution in [0.15, 0.2) is 34.9 Å². The van der Waals surface area contributed by atoms with E-state index in [1.165, 1.54) is 6.26 Å². The number of hydrogen-bond acceptors (Lipinski definition) is 4. The molecule has 0 saturated heterocycles. The summed E-state index contributed by atoms with van der Waals surface area (Å²) in [6.45, 7) is 5.10. The van der Waals surface area contributed by atoms with Crippen LogP contribution >= 0.6 is 0 Å². The van der Waals surface area contributed by atoms with Crippen molar-refractivity contribution in [3.8, 4) is 0 Å². The van der Waals surface area contributed by atoms with Gasteiger partial charge in [0, 0.05) is 5.39 Å². The van der Waals surface area contributed by atoms with E-state index in [9.17, 15) is 9.59 Å². The van der Waals surface area contributed by atoms with Gasteiger partial charge in [0.25, 0.3) is 0 Å². The summed E-state index contributed by atoms with van der Waals surface area (Å²) in [5.41, 5.74) is 0.390. The smallest absolute Gasteiger partial charge is 0.397 e. The second-order valence-electron chi connectivity index (χ2n) is 5.10. The zero-order chi connectivity index (χ0) is 14.0. The van der Waals surface area contributed by atoms with Gasteiger partial charge in [-0.05, 0) is 32.9 Å². The highest BCUT2D eigenvalue weighted by Crippen LogP contribution is 2.25. The van der Waals surface area contributed by atoms with Gasteiger partial charge in [-0.1, -0.05) is 12.1 Å². The number of carbonyl (C=O) groups is 2. The molecule has 0 atom stereocenters. The molecule has 2 aromatic rings. The van der Waals surface area contributed by atoms with Crippen LogP contribution in [-0.4, -0.2) is 17.5 Å². The van der Waals surface area contributed by atoms with E-state index in [0.717, 1.165) is 5.39 Å². The summed E-state index contributed by atoms with van der Waals surface area (Å²) in [5, 5.41) is 3.22. The number of nitrogens with one attached hydrogen (secondary N) is 1. The second-order valence-corrected chi connectivity index (χ2v) is 5.10. The summed E-state index contributed by atoms with van der Waals surface area (Å²) in [6, 6.07) is 7.22. The van der Waals surface area contributed by atoms with Crippen molar-refractivity contribution in [3.05, 3.63) is 30.5 Å². The molecule has 0 unspecified atom stereocenters. The lowest BCUT2D eigenvalue weighted by atomic mass is 10.2. The number of benzene rings is 1. The van der Waals surface area contributed by atoms with Crippen molar-refractivity contribution in [1.29, 1.82) is 0 Å². The maximum atomic E-state index is 11.7. The molecule has 0 bridgehead atoms. The molecular weight excluding hydrogens is 246 g/mol. The fourth-order valence-electron chi connectivity index (χ4n) is 1.57. The van der Waals surface area contributed by atoms with Gasteiger partial charge in [0.05, 0.1) is 5.69 Å². The first-order valence-electron chi connectivity index (χ1n) is 5.87. The standard InChI is InChI=1S/C14H15NO4/c1-14(2,3)19-13(17)12(16)15-10-8-18-11-7-5-4-6-9(10)11/h4-8H,1-3H3,(H,15,16). The number of anilines is 1. The Balaban J connectivity index is 2.13. The topological polar surface area (TPSA) is 68.5 Å². The van der Waals surface area contributed by atoms with Crippen LogP contribution in [0.3, 0.4) is 0 Å². The average Bonchev–Trinajstić information content (AvgIpc) is 2.70. The van der Waals surface area contributed by atoms with Crippen LogP contribution in [0.25, 0.3) is 11.0 Å². The van der Waals surface area contributed by atoms with Gasteiger partial charge in [-0.25, -0.2) is 4.79 Å². The number of furan rings is 1. The molecule has 19 heavy (non-hydrogen) atoms. The zero-order valence-electron chi connectivity index (χ0n) is 11.0. The summed E-state index contributed by atoms with van der Waals surface area (Å²) >= 11 is 0. The van der Waals surface area contributed by atoms with Crippen molar-refractivity contribution >= 4 is 28.5 Å². The minimum absolute atomic E-state index is 0.450. The number of carbonyl (C=O) groups excluding carboxylic acids is 2. The quantitative estimate of drug-likeness (QED) is 0.633. The van der Waals surface area contributed by atoms with Gasteiger partial charge in [0.15, 0.2) is 0 Å². The van der Waals surface area contributed by atoms with Crippen LogP contribution in [0.2, 0.25) is 0 Å². The van der Waals surface area contributed by atoms with Crippen LogP contribution in [0, 0.1) is 0 Å². The first-order chi connectivity index (χ1) is 8.87. The van der Waals surface area contributed by atoms with Crippen molar-refractivity contribution in [2.75, 3.05) is 5.32 Å². The van der Waals surface area contributed by atoms with Crippen molar-refractivity contribution in [3.63, 3.8) is 0 Å². The minimum Gasteiger partial charge on any atom is -0.462 e. The lowest BCUT2D eigenvalue weighted by Gasteiger charge is -2.18. The van der Waals surface area contributed by atoms with E-state index in [0.29, 0.717) is 11.3 Å². The van der Waals surface area contributed by atoms with Gasteiger partial charge in [-0.15, -0.1) is 0 Å². The number of amides is 1. The second kappa shape index (κ2) is 4.76. The summed E-state index contributed by atoms with van der Waals surface area (Å²) in [6.07, 6.45) is 1.40. The van der Waals surface area contributed by atoms with Gasteiger partial charge < -0.3 is 14.5 Å². The predicted octanol–water partition coefficient (Wildman–Crippen LogP) is 2.71. The Morgan fingerprint density at radius 2 is 1.89 bits per heavy atom. The van der Waals surface area contributed by atoms with Crippen LogP contribution in [0.1, 0.15) is 20.8 Å². The summed E-state index contributed by atoms with van der Waals surface area (Å²) < 4.78 is 10.2. The van der Waals surface area contributed by atoms with E-state index in [2.05, 4.69) is 5.32 Å². The van der Waals surface area contributed by atoms with Gasteiger partial charge in [-0.3, -0.25) is 4.79 Å². The fraction of sp³-hybridized carbons (Fsp3) is 0.286. The molecule has 0 aliphatic rings. The lowest BCUT2D eigenvalue weighted by Crippen LogP contribution is -2.32. The molecule has 1 heterocycles. The Bertz CT molecular complexity index is 622. The molecule has 1 aromatic carbocycles. The number of hydrogen-bond donors (Lipinski definition) is 1. The SMILES string of the molecule is CC(C)(C)OC(=O)C(=O)Nc1coc2ccccc12. The molecule has 5 heteroatoms. The summed E-state index contributed by atoms with van der Waals surface area (Å²) in [5.74, 6) is -1.74. The Morgan fingerprint density at radius 3 is 2.58 bits per heavy atom. The van der Waals surface area contributed by atoms with Crippen molar-refractivity contribution in [2.24, 2.45) is 0 Å². The normalized spacial score (nSPS) is 11.3. The van der Waals surface area contributed by atoms with Crippen LogP contribution in [0.4, 0.5) is 5.69 Å². The monoisotopic (exact) mass is 261 g/mol. The minimum atomic E-state index is -0.919. The molecule has 1 amide bonds. The Morgan fingerprint density at radius 1 is 1.21 bits per heavy atom. The van der Waals surface area contributed by atoms with E-state index in [4.69, 9.17) is 9.15 Å². The molecule has 2 rings (SSSR count). The van der Waals surface area contributed by atoms with Crippen molar-refractivity contribution < 1.29 is 18.7 Å². The van der Waals surface area contributed by atoms with Gasteiger partial charge in [0.1, 0.15) is 17.4 Å². The molecule has 0 radical (unpaired) electrons. The van der Waals surface area contributed by atoms with Gasteiger partial charge >= 0.3 is 11.9 Å². The predicted molar refractivity (Wildman–Crippen MR) is 70.7 cm³/mol. The zero-order valence-corrected chi connectivity index (χ0v) is 11.0. The Labute approximate surface area is 110 Å². The maximum Gasteiger partial charge on any atom is 0.397 e. The molecule has 100 valence electrons. The van der Waals surface area contributed by atoms with E-state index in [1.807, 2.05) is 12.1 Å². The summed E-state index contributed by atoms with van der Waals surface area (Å²) in [7, 11) is 0. The molecule has 1 aromatic heterocycles. The van der Waals surface area contributed by atoms with Crippen molar-refractivity contribution in [2.45, 2.75) is 26.4 Å². The molecule has 1 N–H and O–H groups in total. The molecule has 0 aliphatic heterocycles. The molecular formula is C14H15NO4. The third-order valence-corrected chi connectivity index (χ3v) is 2.31. The highest BCUT2D eigenvalue weighted by atomic mass is 16.6. The number of para-hydroxylation sites is 1. The number of ether oxygens (including phenoxy) is 1. The number of fused-ring (bicyclic) bond motifs is 1. The summed E-state index contributed by atoms with van der Waals surface area (Å²) in [4.78, 5) is 23.3. The molecule has 0 spiro atoms. The number of rotatable bonds is 1. The largest absolute Gasteiger partial charge is 0.462 e. The highest BCUT2D eigenvalue weighted by Gasteiger charge is 2.23. The van der Waals surface area contributed by atoms with E-state index >= 15 is 0 Å². The molecule has 5 nitrogen and oxygen atoms in total. The molecule has 0 aliphatic carbocycles. The third kappa shape index (κ3) is 3.13. The Hall–Kier alpha value is -2.30. The average molecular weight is 261 g/mol. The first kappa shape index (κ1) is 13.1. The number of esters is 1. The first-order valence-corrected chi connectivity index (χ1v) is 5.87. The van der Waals surface area contributed by atoms with E-state index < -0.39 is 17.5 Å². The van der Waals surface area contributed by atoms with E-state index in [1.54, 1.807) is 32.9 Å². The fourth-order valence-corrected chi connectivity index (χ4v) is 1.57. The third-order valence-electron chi connectivity index (χ3n) is 2.31. The van der Waals surface area contributed by atoms with Gasteiger partial charge in [-0.2, -0.15) is 0 Å². The Kier molecular flexibility index (Phi) is 3.29. The maximum absolute atomic E-state index is 11.7.